The van der Waals surface area contributed by atoms with Crippen molar-refractivity contribution in [1.82, 2.24) is 10.3 Å². The zero-order chi connectivity index (χ0) is 24.3. The third-order valence-corrected chi connectivity index (χ3v) is 6.32. The summed E-state index contributed by atoms with van der Waals surface area (Å²) in [5.41, 5.74) is 6.74. The van der Waals surface area contributed by atoms with Crippen molar-refractivity contribution in [3.05, 3.63) is 114 Å². The van der Waals surface area contributed by atoms with E-state index < -0.39 is 0 Å². The van der Waals surface area contributed by atoms with E-state index in [4.69, 9.17) is 4.74 Å². The molecule has 3 aromatic carbocycles. The van der Waals surface area contributed by atoms with E-state index >= 15 is 0 Å². The highest BCUT2D eigenvalue weighted by Gasteiger charge is 2.19. The van der Waals surface area contributed by atoms with Crippen molar-refractivity contribution in [1.29, 1.82) is 0 Å². The largest absolute Gasteiger partial charge is 0.490 e. The fourth-order valence-electron chi connectivity index (χ4n) is 4.35. The zero-order valence-electron chi connectivity index (χ0n) is 20.1. The fourth-order valence-corrected chi connectivity index (χ4v) is 4.35. The van der Waals surface area contributed by atoms with Gasteiger partial charge in [-0.3, -0.25) is 9.69 Å². The van der Waals surface area contributed by atoms with Gasteiger partial charge in [0.15, 0.2) is 0 Å². The molecule has 0 bridgehead atoms. The lowest BCUT2D eigenvalue weighted by Crippen LogP contribution is -2.33. The maximum Gasteiger partial charge on any atom is 0.271 e. The molecule has 0 aliphatic carbocycles. The van der Waals surface area contributed by atoms with Crippen LogP contribution in [0.2, 0.25) is 0 Å². The van der Waals surface area contributed by atoms with Crippen molar-refractivity contribution in [3.8, 4) is 5.75 Å². The Kier molecular flexibility index (Phi) is 8.85. The van der Waals surface area contributed by atoms with Gasteiger partial charge in [-0.1, -0.05) is 55.1 Å². The van der Waals surface area contributed by atoms with Gasteiger partial charge >= 0.3 is 0 Å². The number of likely N-dealkylation sites (tertiary alicyclic amines) is 1. The average Bonchev–Trinajstić information content (AvgIpc) is 2.90. The van der Waals surface area contributed by atoms with Crippen LogP contribution < -0.4 is 10.2 Å². The molecule has 0 saturated carbocycles. The van der Waals surface area contributed by atoms with Gasteiger partial charge in [0.25, 0.3) is 5.91 Å². The van der Waals surface area contributed by atoms with Gasteiger partial charge in [-0.05, 0) is 91.4 Å². The molecular formula is C30H33N3O2. The first-order valence-electron chi connectivity index (χ1n) is 12.2. The minimum Gasteiger partial charge on any atom is -0.490 e. The number of carbonyl (C=O) groups is 1. The normalized spacial score (nSPS) is 14.6. The number of nitrogens with zero attached hydrogens (tertiary/aromatic N) is 2. The van der Waals surface area contributed by atoms with Crippen LogP contribution in [0.15, 0.2) is 96.6 Å². The first-order valence-corrected chi connectivity index (χ1v) is 12.2. The van der Waals surface area contributed by atoms with E-state index in [1.807, 2.05) is 48.5 Å². The van der Waals surface area contributed by atoms with Crippen molar-refractivity contribution in [2.24, 2.45) is 11.0 Å². The van der Waals surface area contributed by atoms with E-state index in [0.717, 1.165) is 36.9 Å². The van der Waals surface area contributed by atoms with Crippen molar-refractivity contribution < 1.29 is 9.53 Å². The molecule has 0 spiro atoms. The van der Waals surface area contributed by atoms with Crippen molar-refractivity contribution >= 4 is 12.1 Å². The van der Waals surface area contributed by atoms with Crippen LogP contribution in [-0.2, 0) is 13.0 Å². The molecule has 5 nitrogen and oxygen atoms in total. The summed E-state index contributed by atoms with van der Waals surface area (Å²) < 4.78 is 5.46. The van der Waals surface area contributed by atoms with E-state index in [9.17, 15) is 4.79 Å². The highest BCUT2D eigenvalue weighted by atomic mass is 16.5. The molecular weight excluding hydrogens is 434 g/mol. The lowest BCUT2D eigenvalue weighted by molar-refractivity contribution is 0.0955. The minimum absolute atomic E-state index is 0.222. The monoisotopic (exact) mass is 467 g/mol. The topological polar surface area (TPSA) is 53.9 Å². The molecule has 35 heavy (non-hydrogen) atoms. The Balaban J connectivity index is 1.20. The van der Waals surface area contributed by atoms with Gasteiger partial charge in [-0.25, -0.2) is 5.43 Å². The Morgan fingerprint density at radius 3 is 2.37 bits per heavy atom. The molecule has 1 amide bonds. The summed E-state index contributed by atoms with van der Waals surface area (Å²) in [4.78, 5) is 14.9. The van der Waals surface area contributed by atoms with Crippen molar-refractivity contribution in [2.75, 3.05) is 19.7 Å². The van der Waals surface area contributed by atoms with Crippen LogP contribution in [0.4, 0.5) is 0 Å². The lowest BCUT2D eigenvalue weighted by Gasteiger charge is -2.32. The quantitative estimate of drug-likeness (QED) is 0.244. The summed E-state index contributed by atoms with van der Waals surface area (Å²) in [6, 6.07) is 26.1. The standard InChI is InChI=1S/C30H33N3O2/c1-2-20-35-29-14-10-26(11-15-29)22-31-32-30(34)28-12-8-27(9-13-28)23-33-18-16-25(17-19-33)21-24-6-4-3-5-7-24/h2-15,22,25H,1,16-21,23H2,(H,32,34)/b31-22-. The molecule has 180 valence electrons. The smallest absolute Gasteiger partial charge is 0.271 e. The van der Waals surface area contributed by atoms with E-state index in [2.05, 4.69) is 52.3 Å². The number of piperidine rings is 1. The second-order valence-electron chi connectivity index (χ2n) is 8.97. The molecule has 1 fully saturated rings. The summed E-state index contributed by atoms with van der Waals surface area (Å²) in [7, 11) is 0. The summed E-state index contributed by atoms with van der Waals surface area (Å²) >= 11 is 0. The van der Waals surface area contributed by atoms with E-state index in [0.29, 0.717) is 12.2 Å². The third kappa shape index (κ3) is 7.66. The number of carbonyl (C=O) groups excluding carboxylic acids is 1. The van der Waals surface area contributed by atoms with Crippen LogP contribution in [0, 0.1) is 5.92 Å². The van der Waals surface area contributed by atoms with Crippen LogP contribution >= 0.6 is 0 Å². The number of benzene rings is 3. The van der Waals surface area contributed by atoms with Gasteiger partial charge < -0.3 is 4.74 Å². The Morgan fingerprint density at radius 2 is 1.69 bits per heavy atom. The SMILES string of the molecule is C=CCOc1ccc(/C=N\NC(=O)c2ccc(CN3CCC(Cc4ccccc4)CC3)cc2)cc1. The number of amides is 1. The van der Waals surface area contributed by atoms with E-state index in [-0.39, 0.29) is 5.91 Å². The van der Waals surface area contributed by atoms with Crippen LogP contribution in [0.1, 0.15) is 39.9 Å². The number of nitrogens with one attached hydrogen (secondary N) is 1. The van der Waals surface area contributed by atoms with E-state index in [1.165, 1.54) is 30.4 Å². The molecule has 5 heteroatoms. The van der Waals surface area contributed by atoms with E-state index in [1.54, 1.807) is 12.3 Å². The zero-order valence-corrected chi connectivity index (χ0v) is 20.1. The van der Waals surface area contributed by atoms with Gasteiger partial charge in [0.1, 0.15) is 12.4 Å². The first kappa shape index (κ1) is 24.4. The Labute approximate surface area is 208 Å². The Morgan fingerprint density at radius 1 is 0.971 bits per heavy atom. The number of rotatable bonds is 10. The number of hydrazone groups is 1. The van der Waals surface area contributed by atoms with Gasteiger partial charge in [0.2, 0.25) is 0 Å². The first-order chi connectivity index (χ1) is 17.2. The number of ether oxygens (including phenoxy) is 1. The summed E-state index contributed by atoms with van der Waals surface area (Å²) in [6.45, 7) is 7.26. The van der Waals surface area contributed by atoms with Gasteiger partial charge in [-0.15, -0.1) is 0 Å². The molecule has 1 N–H and O–H groups in total. The molecule has 0 radical (unpaired) electrons. The van der Waals surface area contributed by atoms with Crippen molar-refractivity contribution in [2.45, 2.75) is 25.8 Å². The molecule has 3 aromatic rings. The van der Waals surface area contributed by atoms with Crippen LogP contribution in [0.5, 0.6) is 5.75 Å². The Hall–Kier alpha value is -3.70. The van der Waals surface area contributed by atoms with Crippen molar-refractivity contribution in [3.63, 3.8) is 0 Å². The highest BCUT2D eigenvalue weighted by molar-refractivity contribution is 5.94. The predicted molar refractivity (Wildman–Crippen MR) is 142 cm³/mol. The molecule has 1 aliphatic heterocycles. The second kappa shape index (κ2) is 12.7. The Bertz CT molecular complexity index is 1100. The lowest BCUT2D eigenvalue weighted by atomic mass is 9.90. The van der Waals surface area contributed by atoms with Gasteiger partial charge in [-0.2, -0.15) is 5.10 Å². The molecule has 4 rings (SSSR count). The van der Waals surface area contributed by atoms with Gasteiger partial charge in [0.05, 0.1) is 6.21 Å². The minimum atomic E-state index is -0.222. The molecule has 0 atom stereocenters. The van der Waals surface area contributed by atoms with Crippen LogP contribution in [0.3, 0.4) is 0 Å². The second-order valence-corrected chi connectivity index (χ2v) is 8.97. The molecule has 1 saturated heterocycles. The number of hydrogen-bond donors (Lipinski definition) is 1. The summed E-state index contributed by atoms with van der Waals surface area (Å²) in [5, 5.41) is 4.07. The van der Waals surface area contributed by atoms with Crippen LogP contribution in [-0.4, -0.2) is 36.7 Å². The highest BCUT2D eigenvalue weighted by Crippen LogP contribution is 2.23. The maximum absolute atomic E-state index is 12.4. The van der Waals surface area contributed by atoms with Crippen LogP contribution in [0.25, 0.3) is 0 Å². The average molecular weight is 468 g/mol. The third-order valence-electron chi connectivity index (χ3n) is 6.32. The molecule has 0 unspecified atom stereocenters. The summed E-state index contributed by atoms with van der Waals surface area (Å²) in [6.07, 6.45) is 6.96. The predicted octanol–water partition coefficient (Wildman–Crippen LogP) is 5.47. The molecule has 0 aromatic heterocycles. The molecule has 1 aliphatic rings. The van der Waals surface area contributed by atoms with Gasteiger partial charge in [0, 0.05) is 12.1 Å². The fraction of sp³-hybridized carbons (Fsp3) is 0.267. The maximum atomic E-state index is 12.4. The molecule has 1 heterocycles. The summed E-state index contributed by atoms with van der Waals surface area (Å²) in [5.74, 6) is 1.31. The number of hydrogen-bond acceptors (Lipinski definition) is 4.